The molecular weight excluding hydrogens is 401 g/mol. The fourth-order valence-corrected chi connectivity index (χ4v) is 4.33. The number of rotatable bonds is 4. The second kappa shape index (κ2) is 7.57. The van der Waals surface area contributed by atoms with E-state index in [1.165, 1.54) is 27.7 Å². The highest BCUT2D eigenvalue weighted by Gasteiger charge is 2.30. The van der Waals surface area contributed by atoms with Crippen LogP contribution in [-0.2, 0) is 6.54 Å². The number of benzene rings is 1. The zero-order chi connectivity index (χ0) is 21.5. The lowest BCUT2D eigenvalue weighted by Crippen LogP contribution is -2.22. The first kappa shape index (κ1) is 19.3. The molecule has 0 N–H and O–H groups in total. The quantitative estimate of drug-likeness (QED) is 0.503. The van der Waals surface area contributed by atoms with Crippen molar-refractivity contribution in [3.8, 4) is 0 Å². The molecule has 0 amide bonds. The van der Waals surface area contributed by atoms with E-state index in [0.29, 0.717) is 11.0 Å². The molecule has 2 unspecified atom stereocenters. The van der Waals surface area contributed by atoms with Gasteiger partial charge in [-0.2, -0.15) is 4.68 Å². The Bertz CT molecular complexity index is 1370. The maximum absolute atomic E-state index is 13.2. The second-order valence-corrected chi connectivity index (χ2v) is 7.93. The Labute approximate surface area is 176 Å². The molecule has 1 aliphatic rings. The van der Waals surface area contributed by atoms with Crippen molar-refractivity contribution in [1.82, 2.24) is 24.3 Å². The highest BCUT2D eigenvalue weighted by atomic mass is 19.1. The van der Waals surface area contributed by atoms with Crippen LogP contribution in [0.4, 0.5) is 4.39 Å². The van der Waals surface area contributed by atoms with Crippen LogP contribution >= 0.6 is 0 Å². The highest BCUT2D eigenvalue weighted by Crippen LogP contribution is 2.40. The van der Waals surface area contributed by atoms with E-state index in [-0.39, 0.29) is 35.8 Å². The molecule has 0 aliphatic heterocycles. The lowest BCUT2D eigenvalue weighted by Gasteiger charge is -2.11. The third kappa shape index (κ3) is 3.56. The van der Waals surface area contributed by atoms with Gasteiger partial charge in [0.25, 0.3) is 5.56 Å². The van der Waals surface area contributed by atoms with Gasteiger partial charge in [0.2, 0.25) is 5.89 Å². The molecule has 8 nitrogen and oxygen atoms in total. The summed E-state index contributed by atoms with van der Waals surface area (Å²) in [6, 6.07) is 8.14. The average Bonchev–Trinajstić information content (AvgIpc) is 3.37. The zero-order valence-electron chi connectivity index (χ0n) is 16.9. The summed E-state index contributed by atoms with van der Waals surface area (Å²) in [5, 5.41) is 4.78. The molecular formula is C22H20FN5O3. The van der Waals surface area contributed by atoms with Gasteiger partial charge >= 0.3 is 5.76 Å². The molecule has 1 aromatic carbocycles. The highest BCUT2D eigenvalue weighted by molar-refractivity contribution is 5.76. The Hall–Kier alpha value is -3.62. The van der Waals surface area contributed by atoms with E-state index in [4.69, 9.17) is 4.42 Å². The van der Waals surface area contributed by atoms with Crippen LogP contribution in [0, 0.1) is 12.7 Å². The number of pyridine rings is 1. The lowest BCUT2D eigenvalue weighted by atomic mass is 9.97. The summed E-state index contributed by atoms with van der Waals surface area (Å²) in [7, 11) is 0. The Balaban J connectivity index is 1.38. The van der Waals surface area contributed by atoms with Crippen molar-refractivity contribution in [1.29, 1.82) is 0 Å². The summed E-state index contributed by atoms with van der Waals surface area (Å²) >= 11 is 0. The number of fused-ring (bicyclic) bond motifs is 1. The average molecular weight is 421 g/mol. The normalized spacial score (nSPS) is 18.6. The van der Waals surface area contributed by atoms with Crippen LogP contribution in [0.2, 0.25) is 0 Å². The van der Waals surface area contributed by atoms with Gasteiger partial charge in [-0.3, -0.25) is 9.36 Å². The summed E-state index contributed by atoms with van der Waals surface area (Å²) in [5.41, 5.74) is 1.95. The molecule has 31 heavy (non-hydrogen) atoms. The van der Waals surface area contributed by atoms with Crippen LogP contribution in [0.15, 0.2) is 56.9 Å². The summed E-state index contributed by atoms with van der Waals surface area (Å²) in [6.07, 6.45) is 5.37. The number of nitrogens with zero attached hydrogens (tertiary/aromatic N) is 5. The third-order valence-electron chi connectivity index (χ3n) is 5.94. The van der Waals surface area contributed by atoms with Crippen molar-refractivity contribution in [2.45, 2.75) is 44.7 Å². The summed E-state index contributed by atoms with van der Waals surface area (Å²) < 4.78 is 21.2. The van der Waals surface area contributed by atoms with Gasteiger partial charge in [0.15, 0.2) is 5.65 Å². The Morgan fingerprint density at radius 1 is 1.13 bits per heavy atom. The number of hydrogen-bond acceptors (Lipinski definition) is 6. The van der Waals surface area contributed by atoms with E-state index in [1.54, 1.807) is 24.4 Å². The fourth-order valence-electron chi connectivity index (χ4n) is 4.33. The number of aryl methyl sites for hydroxylation is 1. The Morgan fingerprint density at radius 3 is 2.74 bits per heavy atom. The van der Waals surface area contributed by atoms with Gasteiger partial charge in [-0.25, -0.2) is 19.2 Å². The Kier molecular flexibility index (Phi) is 4.72. The molecule has 1 saturated carbocycles. The minimum Gasteiger partial charge on any atom is -0.390 e. The molecule has 0 spiro atoms. The van der Waals surface area contributed by atoms with Crippen molar-refractivity contribution >= 4 is 11.0 Å². The molecule has 1 fully saturated rings. The fraction of sp³-hybridized carbons (Fsp3) is 0.318. The number of halogens is 1. The maximum atomic E-state index is 13.2. The maximum Gasteiger partial charge on any atom is 0.437 e. The predicted molar refractivity (Wildman–Crippen MR) is 110 cm³/mol. The molecule has 4 aromatic rings. The van der Waals surface area contributed by atoms with Crippen LogP contribution < -0.4 is 11.3 Å². The topological polar surface area (TPSA) is 95.8 Å². The van der Waals surface area contributed by atoms with Crippen molar-refractivity contribution < 1.29 is 8.81 Å². The zero-order valence-corrected chi connectivity index (χ0v) is 16.9. The molecule has 3 heterocycles. The van der Waals surface area contributed by atoms with Gasteiger partial charge in [-0.1, -0.05) is 12.1 Å². The van der Waals surface area contributed by atoms with E-state index >= 15 is 0 Å². The van der Waals surface area contributed by atoms with Crippen LogP contribution in [-0.4, -0.2) is 24.3 Å². The monoisotopic (exact) mass is 421 g/mol. The lowest BCUT2D eigenvalue weighted by molar-refractivity contribution is 0.401. The van der Waals surface area contributed by atoms with Gasteiger partial charge in [-0.15, -0.1) is 5.10 Å². The van der Waals surface area contributed by atoms with Crippen molar-refractivity contribution in [3.05, 3.63) is 86.6 Å². The molecule has 158 valence electrons. The molecule has 1 aliphatic carbocycles. The van der Waals surface area contributed by atoms with E-state index in [0.717, 1.165) is 30.4 Å². The summed E-state index contributed by atoms with van der Waals surface area (Å²) in [4.78, 5) is 33.6. The molecule has 9 heteroatoms. The van der Waals surface area contributed by atoms with Gasteiger partial charge in [0.05, 0.1) is 11.4 Å². The van der Waals surface area contributed by atoms with E-state index in [1.807, 2.05) is 6.92 Å². The van der Waals surface area contributed by atoms with E-state index in [2.05, 4.69) is 15.1 Å². The molecule has 0 saturated heterocycles. The molecule has 3 aromatic heterocycles. The number of hydrogen-bond donors (Lipinski definition) is 0. The molecule has 0 bridgehead atoms. The summed E-state index contributed by atoms with van der Waals surface area (Å²) in [6.45, 7) is 1.83. The van der Waals surface area contributed by atoms with Crippen LogP contribution in [0.1, 0.15) is 48.2 Å². The second-order valence-electron chi connectivity index (χ2n) is 7.93. The van der Waals surface area contributed by atoms with E-state index in [9.17, 15) is 14.0 Å². The first-order valence-electron chi connectivity index (χ1n) is 10.1. The minimum absolute atomic E-state index is 0.00641. The molecule has 0 radical (unpaired) electrons. The van der Waals surface area contributed by atoms with Crippen molar-refractivity contribution in [2.24, 2.45) is 0 Å². The molecule has 2 atom stereocenters. The first-order chi connectivity index (χ1) is 15.0. The summed E-state index contributed by atoms with van der Waals surface area (Å²) in [5.74, 6) is -0.417. The van der Waals surface area contributed by atoms with Gasteiger partial charge in [0.1, 0.15) is 18.7 Å². The minimum atomic E-state index is -0.542. The standard InChI is InChI=1S/C22H20FN5O3/c1-13-8-9-24-20-19(13)21(29)27(12-25-20)11-18-26-28(22(30)31-18)17-7-4-15(10-17)14-2-5-16(23)6-3-14/h2-3,5-6,8-9,12,15,17H,4,7,10-11H2,1H3. The van der Waals surface area contributed by atoms with Crippen LogP contribution in [0.3, 0.4) is 0 Å². The van der Waals surface area contributed by atoms with Gasteiger partial charge in [-0.05, 0) is 61.4 Å². The number of aromatic nitrogens is 5. The molecule has 5 rings (SSSR count). The third-order valence-corrected chi connectivity index (χ3v) is 5.94. The van der Waals surface area contributed by atoms with Crippen LogP contribution in [0.25, 0.3) is 11.0 Å². The smallest absolute Gasteiger partial charge is 0.390 e. The SMILES string of the molecule is Cc1ccnc2ncn(Cc3nn(C4CCC(c5ccc(F)cc5)C4)c(=O)o3)c(=O)c12. The van der Waals surface area contributed by atoms with Gasteiger partial charge in [0, 0.05) is 6.20 Å². The van der Waals surface area contributed by atoms with E-state index < -0.39 is 5.76 Å². The largest absolute Gasteiger partial charge is 0.437 e. The van der Waals surface area contributed by atoms with Crippen molar-refractivity contribution in [3.63, 3.8) is 0 Å². The van der Waals surface area contributed by atoms with Gasteiger partial charge < -0.3 is 4.42 Å². The predicted octanol–water partition coefficient (Wildman–Crippen LogP) is 2.95. The Morgan fingerprint density at radius 2 is 1.94 bits per heavy atom. The first-order valence-corrected chi connectivity index (χ1v) is 10.1. The van der Waals surface area contributed by atoms with Crippen LogP contribution in [0.5, 0.6) is 0 Å². The van der Waals surface area contributed by atoms with Crippen molar-refractivity contribution in [2.75, 3.05) is 0 Å².